The topological polar surface area (TPSA) is 77.2 Å². The summed E-state index contributed by atoms with van der Waals surface area (Å²) in [5, 5.41) is 15.4. The van der Waals surface area contributed by atoms with Crippen molar-refractivity contribution >= 4 is 16.6 Å². The second-order valence-corrected chi connectivity index (χ2v) is 5.97. The molecule has 3 rings (SSSR count). The largest absolute Gasteiger partial charge is 0.472 e. The van der Waals surface area contributed by atoms with Crippen LogP contribution in [-0.2, 0) is 6.54 Å². The highest BCUT2D eigenvalue weighted by Crippen LogP contribution is 2.30. The predicted octanol–water partition coefficient (Wildman–Crippen LogP) is 3.04. The van der Waals surface area contributed by atoms with Crippen molar-refractivity contribution < 1.29 is 9.52 Å². The Balaban J connectivity index is 2.03. The molecule has 0 fully saturated rings. The monoisotopic (exact) mass is 285 g/mol. The van der Waals surface area contributed by atoms with Crippen LogP contribution in [-0.4, -0.2) is 20.5 Å². The number of furan rings is 1. The third-order valence-electron chi connectivity index (χ3n) is 3.46. The molecule has 0 saturated heterocycles. The number of hydrogen-bond donors (Lipinski definition) is 2. The minimum Gasteiger partial charge on any atom is -0.472 e. The number of nitrogens with two attached hydrogens (primary N) is 1. The first-order valence-electron chi connectivity index (χ1n) is 6.94. The molecule has 0 unspecified atom stereocenters. The van der Waals surface area contributed by atoms with Crippen LogP contribution in [0.3, 0.4) is 0 Å². The SMILES string of the molecule is CC(C)(O)CCn1cc2cc(N)cc(-c3ccoc3)c2n1. The van der Waals surface area contributed by atoms with Crippen molar-refractivity contribution in [2.45, 2.75) is 32.4 Å². The number of aromatic nitrogens is 2. The maximum Gasteiger partial charge on any atom is 0.100 e. The standard InChI is InChI=1S/C16H19N3O2/c1-16(2,20)4-5-19-9-12-7-13(17)8-14(15(12)18-19)11-3-6-21-10-11/h3,6-10,20H,4-5,17H2,1-2H3. The van der Waals surface area contributed by atoms with Crippen LogP contribution in [0.5, 0.6) is 0 Å². The fraction of sp³-hybridized carbons (Fsp3) is 0.312. The Morgan fingerprint density at radius 2 is 2.19 bits per heavy atom. The summed E-state index contributed by atoms with van der Waals surface area (Å²) in [6.45, 7) is 4.25. The predicted molar refractivity (Wildman–Crippen MR) is 82.8 cm³/mol. The minimum atomic E-state index is -0.704. The molecule has 2 aromatic heterocycles. The molecule has 2 heterocycles. The van der Waals surface area contributed by atoms with E-state index in [9.17, 15) is 5.11 Å². The molecule has 0 bridgehead atoms. The normalized spacial score (nSPS) is 12.1. The lowest BCUT2D eigenvalue weighted by molar-refractivity contribution is 0.0651. The van der Waals surface area contributed by atoms with E-state index >= 15 is 0 Å². The van der Waals surface area contributed by atoms with E-state index in [4.69, 9.17) is 10.2 Å². The molecule has 0 amide bonds. The Hall–Kier alpha value is -2.27. The van der Waals surface area contributed by atoms with E-state index in [1.165, 1.54) is 0 Å². The molecule has 110 valence electrons. The smallest absolute Gasteiger partial charge is 0.100 e. The van der Waals surface area contributed by atoms with Crippen molar-refractivity contribution in [3.63, 3.8) is 0 Å². The highest BCUT2D eigenvalue weighted by atomic mass is 16.3. The first-order chi connectivity index (χ1) is 9.92. The second-order valence-electron chi connectivity index (χ2n) is 5.97. The van der Waals surface area contributed by atoms with Crippen LogP contribution in [0.2, 0.25) is 0 Å². The molecule has 0 spiro atoms. The number of anilines is 1. The average molecular weight is 285 g/mol. The molecule has 0 saturated carbocycles. The third kappa shape index (κ3) is 2.92. The van der Waals surface area contributed by atoms with Gasteiger partial charge >= 0.3 is 0 Å². The highest BCUT2D eigenvalue weighted by molar-refractivity contribution is 5.95. The van der Waals surface area contributed by atoms with Gasteiger partial charge in [-0.2, -0.15) is 5.10 Å². The van der Waals surface area contributed by atoms with Crippen molar-refractivity contribution in [3.05, 3.63) is 36.9 Å². The van der Waals surface area contributed by atoms with Crippen LogP contribution in [0.25, 0.3) is 22.0 Å². The Labute approximate surface area is 123 Å². The van der Waals surface area contributed by atoms with Gasteiger partial charge in [-0.15, -0.1) is 0 Å². The molecule has 0 aliphatic rings. The number of benzene rings is 1. The molecule has 0 atom stereocenters. The van der Waals surface area contributed by atoms with Gasteiger partial charge in [0.2, 0.25) is 0 Å². The number of nitrogens with zero attached hydrogens (tertiary/aromatic N) is 2. The Bertz CT molecular complexity index is 752. The number of nitrogen functional groups attached to an aromatic ring is 1. The van der Waals surface area contributed by atoms with Gasteiger partial charge in [-0.3, -0.25) is 4.68 Å². The second kappa shape index (κ2) is 4.93. The summed E-state index contributed by atoms with van der Waals surface area (Å²) in [5.41, 5.74) is 8.77. The Kier molecular flexibility index (Phi) is 3.22. The van der Waals surface area contributed by atoms with Gasteiger partial charge in [0, 0.05) is 34.9 Å². The van der Waals surface area contributed by atoms with E-state index < -0.39 is 5.60 Å². The lowest BCUT2D eigenvalue weighted by Gasteiger charge is -2.16. The van der Waals surface area contributed by atoms with Gasteiger partial charge in [0.15, 0.2) is 0 Å². The van der Waals surface area contributed by atoms with Crippen molar-refractivity contribution in [1.29, 1.82) is 0 Å². The van der Waals surface area contributed by atoms with Gasteiger partial charge < -0.3 is 15.3 Å². The van der Waals surface area contributed by atoms with Crippen molar-refractivity contribution in [2.24, 2.45) is 0 Å². The molecule has 1 aromatic carbocycles. The molecule has 0 aliphatic carbocycles. The van der Waals surface area contributed by atoms with E-state index in [1.54, 1.807) is 26.4 Å². The molecule has 0 radical (unpaired) electrons. The van der Waals surface area contributed by atoms with E-state index in [0.717, 1.165) is 22.0 Å². The van der Waals surface area contributed by atoms with Crippen LogP contribution in [0.1, 0.15) is 20.3 Å². The highest BCUT2D eigenvalue weighted by Gasteiger charge is 2.14. The fourth-order valence-corrected chi connectivity index (χ4v) is 2.35. The summed E-state index contributed by atoms with van der Waals surface area (Å²) in [6, 6.07) is 5.71. The van der Waals surface area contributed by atoms with E-state index in [-0.39, 0.29) is 0 Å². The van der Waals surface area contributed by atoms with Gasteiger partial charge in [-0.05, 0) is 38.5 Å². The van der Waals surface area contributed by atoms with Gasteiger partial charge in [-0.1, -0.05) is 0 Å². The van der Waals surface area contributed by atoms with Crippen molar-refractivity contribution in [2.75, 3.05) is 5.73 Å². The number of rotatable bonds is 4. The molecule has 5 nitrogen and oxygen atoms in total. The summed E-state index contributed by atoms with van der Waals surface area (Å²) in [4.78, 5) is 0. The quantitative estimate of drug-likeness (QED) is 0.722. The molecular weight excluding hydrogens is 266 g/mol. The molecule has 0 aliphatic heterocycles. The van der Waals surface area contributed by atoms with Crippen LogP contribution in [0.15, 0.2) is 41.3 Å². The summed E-state index contributed by atoms with van der Waals surface area (Å²) >= 11 is 0. The van der Waals surface area contributed by atoms with E-state index in [0.29, 0.717) is 18.7 Å². The van der Waals surface area contributed by atoms with Crippen LogP contribution in [0, 0.1) is 0 Å². The molecule has 21 heavy (non-hydrogen) atoms. The van der Waals surface area contributed by atoms with Gasteiger partial charge in [-0.25, -0.2) is 0 Å². The zero-order valence-corrected chi connectivity index (χ0v) is 12.2. The van der Waals surface area contributed by atoms with Crippen molar-refractivity contribution in [3.8, 4) is 11.1 Å². The third-order valence-corrected chi connectivity index (χ3v) is 3.46. The van der Waals surface area contributed by atoms with Crippen LogP contribution < -0.4 is 5.73 Å². The number of aryl methyl sites for hydroxylation is 1. The number of aliphatic hydroxyl groups is 1. The first kappa shape index (κ1) is 13.7. The van der Waals surface area contributed by atoms with Gasteiger partial charge in [0.05, 0.1) is 18.1 Å². The molecule has 3 N–H and O–H groups in total. The van der Waals surface area contributed by atoms with E-state index in [2.05, 4.69) is 5.10 Å². The summed E-state index contributed by atoms with van der Waals surface area (Å²) < 4.78 is 7.00. The minimum absolute atomic E-state index is 0.636. The summed E-state index contributed by atoms with van der Waals surface area (Å²) in [7, 11) is 0. The zero-order chi connectivity index (χ0) is 15.0. The maximum atomic E-state index is 9.83. The van der Waals surface area contributed by atoms with Gasteiger partial charge in [0.1, 0.15) is 5.52 Å². The number of hydrogen-bond acceptors (Lipinski definition) is 4. The van der Waals surface area contributed by atoms with Gasteiger partial charge in [0.25, 0.3) is 0 Å². The Morgan fingerprint density at radius 3 is 2.86 bits per heavy atom. The zero-order valence-electron chi connectivity index (χ0n) is 12.2. The van der Waals surface area contributed by atoms with Crippen LogP contribution in [0.4, 0.5) is 5.69 Å². The van der Waals surface area contributed by atoms with Crippen LogP contribution >= 0.6 is 0 Å². The molecular formula is C16H19N3O2. The lowest BCUT2D eigenvalue weighted by atomic mass is 10.1. The first-order valence-corrected chi connectivity index (χ1v) is 6.94. The molecule has 3 aromatic rings. The molecule has 5 heteroatoms. The summed E-state index contributed by atoms with van der Waals surface area (Å²) in [6.07, 6.45) is 5.91. The van der Waals surface area contributed by atoms with E-state index in [1.807, 2.05) is 29.1 Å². The average Bonchev–Trinajstić information content (AvgIpc) is 3.03. The maximum absolute atomic E-state index is 9.83. The lowest BCUT2D eigenvalue weighted by Crippen LogP contribution is -2.21. The fourth-order valence-electron chi connectivity index (χ4n) is 2.35. The summed E-state index contributed by atoms with van der Waals surface area (Å²) in [5.74, 6) is 0. The number of fused-ring (bicyclic) bond motifs is 1. The van der Waals surface area contributed by atoms with Crippen molar-refractivity contribution in [1.82, 2.24) is 9.78 Å². The Morgan fingerprint density at radius 1 is 1.38 bits per heavy atom.